The predicted octanol–water partition coefficient (Wildman–Crippen LogP) is 5.25. The van der Waals surface area contributed by atoms with Crippen molar-refractivity contribution in [1.82, 2.24) is 4.98 Å². The Morgan fingerprint density at radius 1 is 1.19 bits per heavy atom. The van der Waals surface area contributed by atoms with Crippen LogP contribution in [0.1, 0.15) is 78.9 Å². The Balaban J connectivity index is 1.53. The van der Waals surface area contributed by atoms with Crippen LogP contribution in [0.3, 0.4) is 0 Å². The zero-order chi connectivity index (χ0) is 22.7. The Bertz CT molecular complexity index is 1040. The molecular weight excluding hydrogens is 411 g/mol. The van der Waals surface area contributed by atoms with Gasteiger partial charge in [-0.25, -0.2) is 9.18 Å². The molecule has 2 heterocycles. The molecule has 0 bridgehead atoms. The lowest BCUT2D eigenvalue weighted by Gasteiger charge is -2.18. The topological polar surface area (TPSA) is 81.0 Å². The van der Waals surface area contributed by atoms with Gasteiger partial charge in [-0.15, -0.1) is 0 Å². The summed E-state index contributed by atoms with van der Waals surface area (Å²) in [5.41, 5.74) is 4.29. The second kappa shape index (κ2) is 9.67. The minimum absolute atomic E-state index is 0.00511. The van der Waals surface area contributed by atoms with Crippen LogP contribution in [-0.4, -0.2) is 28.4 Å². The first-order valence-corrected chi connectivity index (χ1v) is 11.3. The molecule has 7 heteroatoms. The quantitative estimate of drug-likeness (QED) is 0.490. The molecule has 6 nitrogen and oxygen atoms in total. The van der Waals surface area contributed by atoms with E-state index in [1.807, 2.05) is 13.0 Å². The minimum Gasteiger partial charge on any atom is -0.506 e. The lowest BCUT2D eigenvalue weighted by Crippen LogP contribution is -2.12. The summed E-state index contributed by atoms with van der Waals surface area (Å²) in [5, 5.41) is 14.1. The first-order chi connectivity index (χ1) is 15.4. The summed E-state index contributed by atoms with van der Waals surface area (Å²) in [6, 6.07) is 5.20. The lowest BCUT2D eigenvalue weighted by molar-refractivity contribution is -0.140. The summed E-state index contributed by atoms with van der Waals surface area (Å²) in [7, 11) is 0. The van der Waals surface area contributed by atoms with E-state index in [2.05, 4.69) is 9.99 Å². The highest BCUT2D eigenvalue weighted by atomic mass is 19.1. The van der Waals surface area contributed by atoms with Crippen LogP contribution < -0.4 is 4.74 Å². The van der Waals surface area contributed by atoms with E-state index in [-0.39, 0.29) is 30.4 Å². The van der Waals surface area contributed by atoms with Crippen LogP contribution in [0.25, 0.3) is 0 Å². The van der Waals surface area contributed by atoms with Gasteiger partial charge in [0.2, 0.25) is 0 Å². The van der Waals surface area contributed by atoms with Crippen molar-refractivity contribution in [3.63, 3.8) is 0 Å². The molecule has 0 saturated heterocycles. The van der Waals surface area contributed by atoms with E-state index in [9.17, 15) is 9.90 Å². The van der Waals surface area contributed by atoms with Crippen LogP contribution in [-0.2, 0) is 16.1 Å². The largest absolute Gasteiger partial charge is 0.506 e. The van der Waals surface area contributed by atoms with Crippen molar-refractivity contribution in [3.8, 4) is 11.5 Å². The number of aromatic nitrogens is 1. The van der Waals surface area contributed by atoms with E-state index in [1.165, 1.54) is 12.8 Å². The van der Waals surface area contributed by atoms with Gasteiger partial charge in [-0.3, -0.25) is 4.98 Å². The molecule has 0 radical (unpaired) electrons. The van der Waals surface area contributed by atoms with Gasteiger partial charge in [-0.05, 0) is 61.6 Å². The van der Waals surface area contributed by atoms with Crippen molar-refractivity contribution in [1.29, 1.82) is 0 Å². The fraction of sp³-hybridized carbons (Fsp3) is 0.480. The molecule has 1 aromatic carbocycles. The second-order valence-electron chi connectivity index (χ2n) is 8.77. The minimum atomic E-state index is -0.434. The molecule has 32 heavy (non-hydrogen) atoms. The number of pyridine rings is 1. The van der Waals surface area contributed by atoms with Gasteiger partial charge >= 0.3 is 5.97 Å². The van der Waals surface area contributed by atoms with Crippen LogP contribution in [0.15, 0.2) is 23.4 Å². The average molecular weight is 441 g/mol. The summed E-state index contributed by atoms with van der Waals surface area (Å²) in [5.74, 6) is -0.206. The van der Waals surface area contributed by atoms with E-state index in [1.54, 1.807) is 19.1 Å². The lowest BCUT2D eigenvalue weighted by atomic mass is 9.94. The number of carbonyl (C=O) groups is 1. The Labute approximate surface area is 187 Å². The molecule has 0 atom stereocenters. The van der Waals surface area contributed by atoms with Crippen molar-refractivity contribution in [2.24, 2.45) is 5.16 Å². The summed E-state index contributed by atoms with van der Waals surface area (Å²) in [6.45, 7) is 3.66. The molecule has 1 saturated carbocycles. The summed E-state index contributed by atoms with van der Waals surface area (Å²) in [4.78, 5) is 20.5. The number of aryl methyl sites for hydroxylation is 1. The Hall–Kier alpha value is -2.96. The molecule has 2 aromatic rings. The Morgan fingerprint density at radius 3 is 2.62 bits per heavy atom. The normalized spacial score (nSPS) is 17.1. The number of oxime groups is 1. The van der Waals surface area contributed by atoms with E-state index in [0.717, 1.165) is 48.2 Å². The molecule has 0 spiro atoms. The summed E-state index contributed by atoms with van der Waals surface area (Å²) >= 11 is 0. The van der Waals surface area contributed by atoms with Gasteiger partial charge < -0.3 is 14.7 Å². The number of hydrogen-bond acceptors (Lipinski definition) is 6. The molecule has 4 rings (SSSR count). The summed E-state index contributed by atoms with van der Waals surface area (Å²) < 4.78 is 20.6. The van der Waals surface area contributed by atoms with Gasteiger partial charge in [0, 0.05) is 18.0 Å². The maximum Gasteiger partial charge on any atom is 0.340 e. The number of nitrogens with zero attached hydrogens (tertiary/aromatic N) is 2. The maximum atomic E-state index is 15.1. The third-order valence-electron chi connectivity index (χ3n) is 6.40. The van der Waals surface area contributed by atoms with Crippen molar-refractivity contribution >= 4 is 11.7 Å². The fourth-order valence-electron chi connectivity index (χ4n) is 4.56. The van der Waals surface area contributed by atoms with Gasteiger partial charge in [0.05, 0.1) is 12.1 Å². The first kappa shape index (κ1) is 22.2. The van der Waals surface area contributed by atoms with Crippen LogP contribution in [0.5, 0.6) is 11.5 Å². The average Bonchev–Trinajstić information content (AvgIpc) is 3.02. The van der Waals surface area contributed by atoms with E-state index in [0.29, 0.717) is 17.7 Å². The maximum absolute atomic E-state index is 15.1. The standard InChI is InChI=1S/C25H29FN2O4/c1-15-11-22(31-14-19-13-23(30)32-28-19)24(26)16(2)20(15)12-18-9-10-21(29)25(27-18)17-7-5-3-4-6-8-17/h9-11,17,29H,3-8,12-14H2,1-2H3. The van der Waals surface area contributed by atoms with Gasteiger partial charge in [-0.2, -0.15) is 0 Å². The van der Waals surface area contributed by atoms with Crippen LogP contribution in [0.4, 0.5) is 4.39 Å². The number of benzene rings is 1. The smallest absolute Gasteiger partial charge is 0.340 e. The molecular formula is C25H29FN2O4. The van der Waals surface area contributed by atoms with Gasteiger partial charge in [0.15, 0.2) is 11.6 Å². The van der Waals surface area contributed by atoms with Crippen LogP contribution >= 0.6 is 0 Å². The van der Waals surface area contributed by atoms with Gasteiger partial charge in [0.25, 0.3) is 0 Å². The zero-order valence-electron chi connectivity index (χ0n) is 18.6. The highest BCUT2D eigenvalue weighted by Gasteiger charge is 2.22. The molecule has 1 N–H and O–H groups in total. The number of aromatic hydroxyl groups is 1. The highest BCUT2D eigenvalue weighted by molar-refractivity contribution is 6.02. The number of rotatable bonds is 6. The Kier molecular flexibility index (Phi) is 6.72. The third-order valence-corrected chi connectivity index (χ3v) is 6.40. The van der Waals surface area contributed by atoms with Gasteiger partial charge in [-0.1, -0.05) is 30.8 Å². The number of carbonyl (C=O) groups excluding carboxylic acids is 1. The molecule has 0 amide bonds. The highest BCUT2D eigenvalue weighted by Crippen LogP contribution is 2.36. The summed E-state index contributed by atoms with van der Waals surface area (Å²) in [6.07, 6.45) is 7.42. The van der Waals surface area contributed by atoms with Crippen molar-refractivity contribution in [3.05, 3.63) is 52.1 Å². The number of ether oxygens (including phenoxy) is 1. The Morgan fingerprint density at radius 2 is 1.94 bits per heavy atom. The van der Waals surface area contributed by atoms with Crippen LogP contribution in [0, 0.1) is 19.7 Å². The number of halogens is 1. The SMILES string of the molecule is Cc1cc(OCC2=NOC(=O)C2)c(F)c(C)c1Cc1ccc(O)c(C2CCCCCC2)n1. The van der Waals surface area contributed by atoms with Crippen LogP contribution in [0.2, 0.25) is 0 Å². The van der Waals surface area contributed by atoms with Crippen molar-refractivity contribution in [2.45, 2.75) is 71.1 Å². The number of hydrogen-bond donors (Lipinski definition) is 1. The molecule has 1 aromatic heterocycles. The van der Waals surface area contributed by atoms with E-state index < -0.39 is 11.8 Å². The molecule has 1 aliphatic carbocycles. The fourth-order valence-corrected chi connectivity index (χ4v) is 4.56. The molecule has 170 valence electrons. The molecule has 1 aliphatic heterocycles. The molecule has 0 unspecified atom stereocenters. The van der Waals surface area contributed by atoms with Gasteiger partial charge in [0.1, 0.15) is 18.1 Å². The van der Waals surface area contributed by atoms with Crippen molar-refractivity contribution < 1.29 is 23.9 Å². The molecule has 2 aliphatic rings. The van der Waals surface area contributed by atoms with E-state index in [4.69, 9.17) is 9.72 Å². The first-order valence-electron chi connectivity index (χ1n) is 11.3. The van der Waals surface area contributed by atoms with E-state index >= 15 is 4.39 Å². The van der Waals surface area contributed by atoms with Crippen molar-refractivity contribution in [2.75, 3.05) is 6.61 Å². The predicted molar refractivity (Wildman–Crippen MR) is 119 cm³/mol. The second-order valence-corrected chi connectivity index (χ2v) is 8.77. The molecule has 1 fully saturated rings. The third kappa shape index (κ3) is 4.92. The zero-order valence-corrected chi connectivity index (χ0v) is 18.6. The monoisotopic (exact) mass is 440 g/mol.